The van der Waals surface area contributed by atoms with Gasteiger partial charge in [-0.05, 0) is 0 Å². The molecule has 0 nitrogen and oxygen atoms in total. The molecular formula is C17H23LiSe. The van der Waals surface area contributed by atoms with Crippen molar-refractivity contribution < 1.29 is 18.9 Å². The summed E-state index contributed by atoms with van der Waals surface area (Å²) >= 11 is 2.80. The Morgan fingerprint density at radius 1 is 0.842 bits per heavy atom. The molecule has 1 aromatic carbocycles. The van der Waals surface area contributed by atoms with Gasteiger partial charge < -0.3 is 0 Å². The molecule has 98 valence electrons. The van der Waals surface area contributed by atoms with E-state index in [1.807, 2.05) is 0 Å². The average molecular weight is 313 g/mol. The van der Waals surface area contributed by atoms with Crippen molar-refractivity contribution >= 4 is 16.0 Å². The van der Waals surface area contributed by atoms with Crippen LogP contribution < -0.4 is 18.9 Å². The van der Waals surface area contributed by atoms with Gasteiger partial charge >= 0.3 is 139 Å². The van der Waals surface area contributed by atoms with Crippen LogP contribution in [0.3, 0.4) is 0 Å². The van der Waals surface area contributed by atoms with Crippen LogP contribution in [0.4, 0.5) is 0 Å². The zero-order valence-corrected chi connectivity index (χ0v) is 15.0. The van der Waals surface area contributed by atoms with Crippen LogP contribution in [0.2, 0.25) is 0 Å². The third kappa shape index (κ3) is 4.74. The summed E-state index contributed by atoms with van der Waals surface area (Å²) in [5.74, 6) is 4.86. The third-order valence-electron chi connectivity index (χ3n) is 3.31. The minimum Gasteiger partial charge on any atom is 1.00 e. The van der Waals surface area contributed by atoms with Gasteiger partial charge in [-0.25, -0.2) is 0 Å². The van der Waals surface area contributed by atoms with Gasteiger partial charge in [0, 0.05) is 0 Å². The van der Waals surface area contributed by atoms with Gasteiger partial charge in [-0.3, -0.25) is 0 Å². The van der Waals surface area contributed by atoms with Crippen molar-refractivity contribution in [3.63, 3.8) is 0 Å². The van der Waals surface area contributed by atoms with E-state index in [0.29, 0.717) is 17.8 Å². The molecule has 0 aliphatic carbocycles. The van der Waals surface area contributed by atoms with Gasteiger partial charge in [0.05, 0.1) is 0 Å². The second-order valence-electron chi connectivity index (χ2n) is 5.77. The molecule has 0 saturated heterocycles. The topological polar surface area (TPSA) is 0 Å². The third-order valence-corrected chi connectivity index (χ3v) is 3.52. The van der Waals surface area contributed by atoms with Crippen molar-refractivity contribution in [3.8, 4) is 10.7 Å². The van der Waals surface area contributed by atoms with Crippen molar-refractivity contribution in [1.82, 2.24) is 0 Å². The molecule has 0 unspecified atom stereocenters. The van der Waals surface area contributed by atoms with Crippen molar-refractivity contribution in [3.05, 3.63) is 34.4 Å². The molecule has 0 aliphatic rings. The monoisotopic (exact) mass is 314 g/mol. The summed E-state index contributed by atoms with van der Waals surface area (Å²) in [6, 6.07) is 4.67. The largest absolute Gasteiger partial charge is 1.00 e. The first-order valence-corrected chi connectivity index (χ1v) is 7.55. The van der Waals surface area contributed by atoms with Crippen LogP contribution in [0.25, 0.3) is 0 Å². The number of hydrogen-bond donors (Lipinski definition) is 0. The molecule has 0 fully saturated rings. The molecule has 1 aromatic rings. The summed E-state index contributed by atoms with van der Waals surface area (Å²) in [6.07, 6.45) is 0. The first kappa shape index (κ1) is 18.9. The van der Waals surface area contributed by atoms with Crippen molar-refractivity contribution in [2.75, 3.05) is 0 Å². The van der Waals surface area contributed by atoms with E-state index in [1.54, 1.807) is 0 Å². The Balaban J connectivity index is 0.00000324. The van der Waals surface area contributed by atoms with E-state index < -0.39 is 0 Å². The zero-order chi connectivity index (χ0) is 13.9. The van der Waals surface area contributed by atoms with Gasteiger partial charge in [-0.15, -0.1) is 0 Å². The van der Waals surface area contributed by atoms with Crippen LogP contribution in [0.1, 0.15) is 81.5 Å². The van der Waals surface area contributed by atoms with E-state index in [4.69, 9.17) is 0 Å². The Hall–Kier alpha value is -0.103. The molecule has 1 rings (SSSR count). The Morgan fingerprint density at radius 2 is 1.26 bits per heavy atom. The molecule has 0 bridgehead atoms. The fourth-order valence-corrected chi connectivity index (χ4v) is 2.37. The van der Waals surface area contributed by atoms with Gasteiger partial charge in [0.15, 0.2) is 0 Å². The molecule has 19 heavy (non-hydrogen) atoms. The Morgan fingerprint density at radius 3 is 1.53 bits per heavy atom. The van der Waals surface area contributed by atoms with Crippen LogP contribution in [0, 0.1) is 10.7 Å². The predicted molar refractivity (Wildman–Crippen MR) is 81.3 cm³/mol. The van der Waals surface area contributed by atoms with Crippen LogP contribution in [-0.2, 0) is 0 Å². The molecule has 0 heterocycles. The molecule has 0 atom stereocenters. The Labute approximate surface area is 139 Å². The second kappa shape index (κ2) is 8.24. The summed E-state index contributed by atoms with van der Waals surface area (Å²) in [6.45, 7) is 13.5. The quantitative estimate of drug-likeness (QED) is 0.587. The number of benzene rings is 1. The average Bonchev–Trinajstić information content (AvgIpc) is 2.28. The van der Waals surface area contributed by atoms with E-state index in [-0.39, 0.29) is 18.9 Å². The Bertz CT molecular complexity index is 447. The standard InChI is InChI=1S/C17H24Se.Li/c1-11(2)14-9-16(12(3)4)15(7-8-18)17(10-14)13(5)6;/h9-13,18H,1-6H3;/q;+1/p-1. The fraction of sp³-hybridized carbons (Fsp3) is 0.529. The van der Waals surface area contributed by atoms with Crippen LogP contribution in [-0.4, -0.2) is 16.0 Å². The van der Waals surface area contributed by atoms with Gasteiger partial charge in [0.25, 0.3) is 0 Å². The van der Waals surface area contributed by atoms with Gasteiger partial charge in [0.2, 0.25) is 0 Å². The smallest absolute Gasteiger partial charge is 1.00 e. The molecule has 0 aromatic heterocycles. The molecule has 0 saturated carbocycles. The van der Waals surface area contributed by atoms with Crippen molar-refractivity contribution in [1.29, 1.82) is 0 Å². The van der Waals surface area contributed by atoms with Gasteiger partial charge in [-0.1, -0.05) is 0 Å². The van der Waals surface area contributed by atoms with Crippen LogP contribution in [0.15, 0.2) is 12.1 Å². The SMILES string of the molecule is CC(C)c1cc(C(C)C)c(C#C[Se-])c(C(C)C)c1.[Li+]. The van der Waals surface area contributed by atoms with Gasteiger partial charge in [-0.2, -0.15) is 0 Å². The molecule has 2 heteroatoms. The minimum absolute atomic E-state index is 0. The minimum atomic E-state index is 0. The first-order valence-electron chi connectivity index (χ1n) is 6.69. The van der Waals surface area contributed by atoms with Gasteiger partial charge in [0.1, 0.15) is 0 Å². The predicted octanol–water partition coefficient (Wildman–Crippen LogP) is 1.54. The zero-order valence-electron chi connectivity index (χ0n) is 13.3. The molecule has 0 aliphatic heterocycles. The maximum atomic E-state index is 3.27. The summed E-state index contributed by atoms with van der Waals surface area (Å²) in [5.41, 5.74) is 5.41. The molecule has 0 amide bonds. The molecule has 0 spiro atoms. The van der Waals surface area contributed by atoms with Crippen LogP contribution in [0.5, 0.6) is 0 Å². The van der Waals surface area contributed by atoms with E-state index in [2.05, 4.69) is 80.4 Å². The summed E-state index contributed by atoms with van der Waals surface area (Å²) in [4.78, 5) is 2.95. The number of rotatable bonds is 3. The molecule has 0 N–H and O–H groups in total. The maximum absolute atomic E-state index is 3.27. The van der Waals surface area contributed by atoms with Crippen molar-refractivity contribution in [2.24, 2.45) is 0 Å². The summed E-state index contributed by atoms with van der Waals surface area (Å²) < 4.78 is 0. The summed E-state index contributed by atoms with van der Waals surface area (Å²) in [5, 5.41) is 0. The summed E-state index contributed by atoms with van der Waals surface area (Å²) in [7, 11) is 0. The Kier molecular flexibility index (Phi) is 8.20. The van der Waals surface area contributed by atoms with Crippen molar-refractivity contribution in [2.45, 2.75) is 59.3 Å². The first-order chi connectivity index (χ1) is 8.38. The van der Waals surface area contributed by atoms with E-state index in [0.717, 1.165) is 0 Å². The van der Waals surface area contributed by atoms with E-state index in [1.165, 1.54) is 22.3 Å². The van der Waals surface area contributed by atoms with E-state index >= 15 is 0 Å². The number of hydrogen-bond acceptors (Lipinski definition) is 0. The second-order valence-corrected chi connectivity index (χ2v) is 6.19. The van der Waals surface area contributed by atoms with E-state index in [9.17, 15) is 0 Å². The normalized spacial score (nSPS) is 10.4. The molecular weight excluding hydrogens is 290 g/mol. The van der Waals surface area contributed by atoms with Crippen LogP contribution >= 0.6 is 0 Å². The fourth-order valence-electron chi connectivity index (χ4n) is 2.15. The maximum Gasteiger partial charge on any atom is 1.00 e. The molecule has 0 radical (unpaired) electrons.